The van der Waals surface area contributed by atoms with Crippen LogP contribution in [0.1, 0.15) is 16.8 Å². The van der Waals surface area contributed by atoms with Gasteiger partial charge in [-0.2, -0.15) is 0 Å². The number of fused-ring (bicyclic) bond motifs is 1. The van der Waals surface area contributed by atoms with Gasteiger partial charge in [-0.25, -0.2) is 9.37 Å². The standard InChI is InChI=1S/C21H19FN2OS2/c22-17-8-4-7-16(13-17)14-27-21-23-18-10-12-26-19(18)20(25)24(21)11-9-15-5-2-1-3-6-15/h1-8,13H,9-12,14H2. The molecule has 0 spiro atoms. The third-order valence-corrected chi connectivity index (χ3v) is 6.63. The molecule has 0 saturated heterocycles. The van der Waals surface area contributed by atoms with Gasteiger partial charge in [0.05, 0.1) is 10.6 Å². The molecule has 4 rings (SSSR count). The molecule has 3 aromatic rings. The summed E-state index contributed by atoms with van der Waals surface area (Å²) >= 11 is 3.10. The highest BCUT2D eigenvalue weighted by Crippen LogP contribution is 2.29. The number of benzene rings is 2. The first-order chi connectivity index (χ1) is 13.2. The molecule has 6 heteroatoms. The maximum absolute atomic E-state index is 13.4. The fourth-order valence-electron chi connectivity index (χ4n) is 3.09. The number of halogens is 1. The second-order valence-corrected chi connectivity index (χ2v) is 8.43. The Bertz CT molecular complexity index is 1000. The van der Waals surface area contributed by atoms with E-state index in [1.807, 2.05) is 24.3 Å². The fourth-order valence-corrected chi connectivity index (χ4v) is 5.12. The molecule has 0 aliphatic carbocycles. The lowest BCUT2D eigenvalue weighted by atomic mass is 10.1. The zero-order valence-electron chi connectivity index (χ0n) is 14.7. The van der Waals surface area contributed by atoms with Crippen molar-refractivity contribution < 1.29 is 4.39 Å². The zero-order valence-corrected chi connectivity index (χ0v) is 16.4. The van der Waals surface area contributed by atoms with Crippen molar-refractivity contribution in [2.45, 2.75) is 35.2 Å². The summed E-state index contributed by atoms with van der Waals surface area (Å²) in [7, 11) is 0. The van der Waals surface area contributed by atoms with E-state index in [2.05, 4.69) is 12.1 Å². The minimum atomic E-state index is -0.243. The maximum Gasteiger partial charge on any atom is 0.268 e. The third kappa shape index (κ3) is 4.28. The molecular weight excluding hydrogens is 379 g/mol. The van der Waals surface area contributed by atoms with Gasteiger partial charge in [0.25, 0.3) is 5.56 Å². The topological polar surface area (TPSA) is 34.9 Å². The molecule has 138 valence electrons. The third-order valence-electron chi connectivity index (χ3n) is 4.47. The molecule has 2 aromatic carbocycles. The predicted molar refractivity (Wildman–Crippen MR) is 109 cm³/mol. The lowest BCUT2D eigenvalue weighted by Crippen LogP contribution is -2.26. The van der Waals surface area contributed by atoms with Gasteiger partial charge in [0.1, 0.15) is 5.82 Å². The normalized spacial score (nSPS) is 12.9. The molecule has 3 nitrogen and oxygen atoms in total. The molecule has 0 radical (unpaired) electrons. The Morgan fingerprint density at radius 3 is 2.74 bits per heavy atom. The monoisotopic (exact) mass is 398 g/mol. The van der Waals surface area contributed by atoms with Gasteiger partial charge in [0, 0.05) is 24.5 Å². The first-order valence-corrected chi connectivity index (χ1v) is 10.9. The van der Waals surface area contributed by atoms with Crippen molar-refractivity contribution in [2.75, 3.05) is 5.75 Å². The van der Waals surface area contributed by atoms with Crippen LogP contribution in [0, 0.1) is 5.82 Å². The number of rotatable bonds is 6. The van der Waals surface area contributed by atoms with E-state index < -0.39 is 0 Å². The summed E-state index contributed by atoms with van der Waals surface area (Å²) < 4.78 is 15.2. The van der Waals surface area contributed by atoms with Crippen LogP contribution in [0.3, 0.4) is 0 Å². The SMILES string of the molecule is O=c1c2c(nc(SCc3cccc(F)c3)n1CCc1ccccc1)CCS2. The van der Waals surface area contributed by atoms with Crippen LogP contribution in [0.5, 0.6) is 0 Å². The van der Waals surface area contributed by atoms with Crippen LogP contribution >= 0.6 is 23.5 Å². The van der Waals surface area contributed by atoms with Crippen molar-refractivity contribution in [3.63, 3.8) is 0 Å². The van der Waals surface area contributed by atoms with E-state index in [9.17, 15) is 9.18 Å². The lowest BCUT2D eigenvalue weighted by molar-refractivity contribution is 0.565. The van der Waals surface area contributed by atoms with Crippen LogP contribution in [-0.4, -0.2) is 15.3 Å². The second-order valence-electron chi connectivity index (χ2n) is 6.38. The smallest absolute Gasteiger partial charge is 0.268 e. The largest absolute Gasteiger partial charge is 0.286 e. The molecule has 0 saturated carbocycles. The molecule has 0 N–H and O–H groups in total. The van der Waals surface area contributed by atoms with E-state index in [1.54, 1.807) is 22.4 Å². The van der Waals surface area contributed by atoms with Crippen molar-refractivity contribution >= 4 is 23.5 Å². The molecule has 2 heterocycles. The molecule has 1 aromatic heterocycles. The number of hydrogen-bond donors (Lipinski definition) is 0. The highest BCUT2D eigenvalue weighted by atomic mass is 32.2. The van der Waals surface area contributed by atoms with E-state index in [-0.39, 0.29) is 11.4 Å². The highest BCUT2D eigenvalue weighted by Gasteiger charge is 2.21. The molecule has 0 amide bonds. The van der Waals surface area contributed by atoms with Gasteiger partial charge in [0.15, 0.2) is 5.16 Å². The molecule has 1 aliphatic heterocycles. The van der Waals surface area contributed by atoms with Gasteiger partial charge >= 0.3 is 0 Å². The van der Waals surface area contributed by atoms with Crippen LogP contribution in [0.25, 0.3) is 0 Å². The Kier molecular flexibility index (Phi) is 5.64. The van der Waals surface area contributed by atoms with Crippen LogP contribution in [0.15, 0.2) is 69.4 Å². The number of nitrogens with zero attached hydrogens (tertiary/aromatic N) is 2. The molecule has 27 heavy (non-hydrogen) atoms. The van der Waals surface area contributed by atoms with E-state index in [1.165, 1.54) is 29.5 Å². The highest BCUT2D eigenvalue weighted by molar-refractivity contribution is 7.99. The first-order valence-electron chi connectivity index (χ1n) is 8.88. The van der Waals surface area contributed by atoms with Crippen LogP contribution < -0.4 is 5.56 Å². The van der Waals surface area contributed by atoms with Gasteiger partial charge < -0.3 is 0 Å². The lowest BCUT2D eigenvalue weighted by Gasteiger charge is -2.14. The zero-order chi connectivity index (χ0) is 18.6. The average molecular weight is 399 g/mol. The number of thioether (sulfide) groups is 2. The molecule has 0 unspecified atom stereocenters. The summed E-state index contributed by atoms with van der Waals surface area (Å²) in [5.74, 6) is 1.25. The molecular formula is C21H19FN2OS2. The average Bonchev–Trinajstić information content (AvgIpc) is 3.15. The quantitative estimate of drug-likeness (QED) is 0.450. The molecule has 0 atom stereocenters. The summed E-state index contributed by atoms with van der Waals surface area (Å²) in [5, 5.41) is 0.724. The summed E-state index contributed by atoms with van der Waals surface area (Å²) in [6.07, 6.45) is 1.61. The van der Waals surface area contributed by atoms with E-state index in [0.717, 1.165) is 39.9 Å². The Balaban J connectivity index is 1.60. The van der Waals surface area contributed by atoms with Crippen LogP contribution in [0.2, 0.25) is 0 Å². The van der Waals surface area contributed by atoms with Gasteiger partial charge in [-0.3, -0.25) is 9.36 Å². The number of aromatic nitrogens is 2. The van der Waals surface area contributed by atoms with E-state index in [4.69, 9.17) is 4.98 Å². The fraction of sp³-hybridized carbons (Fsp3) is 0.238. The van der Waals surface area contributed by atoms with Gasteiger partial charge in [-0.1, -0.05) is 54.2 Å². The van der Waals surface area contributed by atoms with Crippen LogP contribution in [0.4, 0.5) is 4.39 Å². The van der Waals surface area contributed by atoms with Gasteiger partial charge in [-0.15, -0.1) is 11.8 Å². The van der Waals surface area contributed by atoms with E-state index >= 15 is 0 Å². The van der Waals surface area contributed by atoms with Crippen molar-refractivity contribution in [2.24, 2.45) is 0 Å². The van der Waals surface area contributed by atoms with Crippen molar-refractivity contribution in [3.05, 3.63) is 87.6 Å². The Morgan fingerprint density at radius 2 is 1.93 bits per heavy atom. The molecule has 0 bridgehead atoms. The van der Waals surface area contributed by atoms with E-state index in [0.29, 0.717) is 12.3 Å². The minimum Gasteiger partial charge on any atom is -0.286 e. The Morgan fingerprint density at radius 1 is 1.11 bits per heavy atom. The van der Waals surface area contributed by atoms with Crippen molar-refractivity contribution in [1.29, 1.82) is 0 Å². The van der Waals surface area contributed by atoms with Gasteiger partial charge in [-0.05, 0) is 29.7 Å². The summed E-state index contributed by atoms with van der Waals surface area (Å²) in [4.78, 5) is 18.6. The van der Waals surface area contributed by atoms with Crippen molar-refractivity contribution in [3.8, 4) is 0 Å². The minimum absolute atomic E-state index is 0.0557. The predicted octanol–water partition coefficient (Wildman–Crippen LogP) is 4.57. The first kappa shape index (κ1) is 18.3. The maximum atomic E-state index is 13.4. The molecule has 0 fully saturated rings. The summed E-state index contributed by atoms with van der Waals surface area (Å²) in [5.41, 5.74) is 3.04. The Labute approximate surface area is 166 Å². The number of aryl methyl sites for hydroxylation is 2. The summed E-state index contributed by atoms with van der Waals surface area (Å²) in [6.45, 7) is 0.592. The molecule has 1 aliphatic rings. The van der Waals surface area contributed by atoms with Gasteiger partial charge in [0.2, 0.25) is 0 Å². The number of hydrogen-bond acceptors (Lipinski definition) is 4. The van der Waals surface area contributed by atoms with Crippen LogP contribution in [-0.2, 0) is 25.1 Å². The summed E-state index contributed by atoms with van der Waals surface area (Å²) in [6, 6.07) is 16.7. The second kappa shape index (κ2) is 8.31. The Hall–Kier alpha value is -2.05. The van der Waals surface area contributed by atoms with Crippen molar-refractivity contribution in [1.82, 2.24) is 9.55 Å².